The van der Waals surface area contributed by atoms with Crippen molar-refractivity contribution >= 4 is 11.6 Å². The molecular weight excluding hydrogens is 336 g/mol. The predicted octanol–water partition coefficient (Wildman–Crippen LogP) is 4.50. The zero-order valence-corrected chi connectivity index (χ0v) is 17.2. The fourth-order valence-electron chi connectivity index (χ4n) is 3.66. The number of amides is 1. The number of benzene rings is 1. The van der Waals surface area contributed by atoms with Gasteiger partial charge in [0.05, 0.1) is 5.69 Å². The first-order valence-corrected chi connectivity index (χ1v) is 10.0. The lowest BCUT2D eigenvalue weighted by atomic mass is 9.93. The van der Waals surface area contributed by atoms with Crippen LogP contribution in [-0.2, 0) is 0 Å². The highest BCUT2D eigenvalue weighted by Crippen LogP contribution is 2.28. The van der Waals surface area contributed by atoms with Crippen LogP contribution in [0.1, 0.15) is 66.8 Å². The third-order valence-corrected chi connectivity index (χ3v) is 5.80. The average Bonchev–Trinajstić information content (AvgIpc) is 3.09. The van der Waals surface area contributed by atoms with Crippen LogP contribution in [-0.4, -0.2) is 40.1 Å². The van der Waals surface area contributed by atoms with Gasteiger partial charge in [-0.3, -0.25) is 9.89 Å². The molecule has 146 valence electrons. The monoisotopic (exact) mass is 368 g/mol. The maximum atomic E-state index is 13.2. The highest BCUT2D eigenvalue weighted by molar-refractivity contribution is 5.97. The van der Waals surface area contributed by atoms with Gasteiger partial charge in [0.15, 0.2) is 0 Å². The van der Waals surface area contributed by atoms with Gasteiger partial charge in [-0.05, 0) is 63.3 Å². The number of carbonyl (C=O) groups excluding carboxylic acids is 1. The molecular formula is C22H32N4O. The predicted molar refractivity (Wildman–Crippen MR) is 110 cm³/mol. The summed E-state index contributed by atoms with van der Waals surface area (Å²) < 4.78 is 0. The highest BCUT2D eigenvalue weighted by atomic mass is 16.2. The number of piperidine rings is 1. The largest absolute Gasteiger partial charge is 0.382 e. The summed E-state index contributed by atoms with van der Waals surface area (Å²) in [6.07, 6.45) is 2.10. The second-order valence-electron chi connectivity index (χ2n) is 8.22. The Kier molecular flexibility index (Phi) is 5.88. The summed E-state index contributed by atoms with van der Waals surface area (Å²) in [6.45, 7) is 12.2. The van der Waals surface area contributed by atoms with Crippen LogP contribution in [0.15, 0.2) is 24.3 Å². The van der Waals surface area contributed by atoms with Crippen molar-refractivity contribution in [2.24, 2.45) is 5.92 Å². The van der Waals surface area contributed by atoms with Crippen LogP contribution in [0.2, 0.25) is 0 Å². The normalized spacial score (nSPS) is 18.6. The maximum Gasteiger partial charge on any atom is 0.254 e. The number of hydrogen-bond acceptors (Lipinski definition) is 3. The Labute approximate surface area is 162 Å². The minimum absolute atomic E-state index is 0.130. The zero-order chi connectivity index (χ0) is 19.6. The molecule has 1 aromatic heterocycles. The topological polar surface area (TPSA) is 61.0 Å². The molecule has 3 rings (SSSR count). The smallest absolute Gasteiger partial charge is 0.254 e. The molecule has 0 radical (unpaired) electrons. The summed E-state index contributed by atoms with van der Waals surface area (Å²) in [7, 11) is 0. The van der Waals surface area contributed by atoms with Crippen molar-refractivity contribution in [3.05, 3.63) is 46.8 Å². The molecule has 1 fully saturated rings. The number of aromatic amines is 1. The van der Waals surface area contributed by atoms with Gasteiger partial charge in [-0.15, -0.1) is 0 Å². The van der Waals surface area contributed by atoms with E-state index in [2.05, 4.69) is 48.4 Å². The summed E-state index contributed by atoms with van der Waals surface area (Å²) in [4.78, 5) is 15.2. The fraction of sp³-hybridized carbons (Fsp3) is 0.545. The Hall–Kier alpha value is -2.30. The first kappa shape index (κ1) is 19.5. The number of H-pyrrole nitrogens is 1. The number of aromatic nitrogens is 2. The Morgan fingerprint density at radius 1 is 1.30 bits per heavy atom. The van der Waals surface area contributed by atoms with Crippen LogP contribution in [0, 0.1) is 19.8 Å². The molecule has 1 amide bonds. The van der Waals surface area contributed by atoms with Crippen molar-refractivity contribution in [3.8, 4) is 0 Å². The van der Waals surface area contributed by atoms with Crippen molar-refractivity contribution in [3.63, 3.8) is 0 Å². The molecule has 5 heteroatoms. The van der Waals surface area contributed by atoms with E-state index in [9.17, 15) is 4.79 Å². The molecule has 0 spiro atoms. The zero-order valence-electron chi connectivity index (χ0n) is 17.2. The van der Waals surface area contributed by atoms with Gasteiger partial charge in [0, 0.05) is 42.0 Å². The maximum absolute atomic E-state index is 13.2. The summed E-state index contributed by atoms with van der Waals surface area (Å²) in [5.41, 5.74) is 5.03. The molecule has 1 aliphatic heterocycles. The van der Waals surface area contributed by atoms with Crippen LogP contribution >= 0.6 is 0 Å². The van der Waals surface area contributed by atoms with Crippen LogP contribution in [0.25, 0.3) is 0 Å². The van der Waals surface area contributed by atoms with Crippen molar-refractivity contribution in [1.82, 2.24) is 15.1 Å². The van der Waals surface area contributed by atoms with Gasteiger partial charge >= 0.3 is 0 Å². The third-order valence-electron chi connectivity index (χ3n) is 5.80. The summed E-state index contributed by atoms with van der Waals surface area (Å²) in [6, 6.07) is 8.45. The van der Waals surface area contributed by atoms with E-state index >= 15 is 0 Å². The Morgan fingerprint density at radius 3 is 2.74 bits per heavy atom. The van der Waals surface area contributed by atoms with Crippen molar-refractivity contribution < 1.29 is 4.79 Å². The highest BCUT2D eigenvalue weighted by Gasteiger charge is 2.28. The average molecular weight is 369 g/mol. The van der Waals surface area contributed by atoms with Gasteiger partial charge in [-0.25, -0.2) is 0 Å². The first-order valence-electron chi connectivity index (χ1n) is 10.0. The molecule has 5 nitrogen and oxygen atoms in total. The number of carbonyl (C=O) groups is 1. The Bertz CT molecular complexity index is 795. The number of rotatable bonds is 5. The second kappa shape index (κ2) is 8.15. The van der Waals surface area contributed by atoms with Gasteiger partial charge in [-0.1, -0.05) is 19.9 Å². The third kappa shape index (κ3) is 4.34. The van der Waals surface area contributed by atoms with E-state index in [1.54, 1.807) is 0 Å². The minimum Gasteiger partial charge on any atom is -0.382 e. The van der Waals surface area contributed by atoms with Gasteiger partial charge in [-0.2, -0.15) is 5.10 Å². The Balaban J connectivity index is 1.77. The van der Waals surface area contributed by atoms with E-state index in [1.165, 1.54) is 0 Å². The first-order chi connectivity index (χ1) is 12.9. The van der Waals surface area contributed by atoms with E-state index in [-0.39, 0.29) is 5.91 Å². The van der Waals surface area contributed by atoms with Gasteiger partial charge in [0.25, 0.3) is 5.91 Å². The molecule has 0 aliphatic carbocycles. The van der Waals surface area contributed by atoms with Crippen LogP contribution in [0.3, 0.4) is 0 Å². The number of nitrogens with zero attached hydrogens (tertiary/aromatic N) is 2. The van der Waals surface area contributed by atoms with E-state index in [1.807, 2.05) is 30.9 Å². The number of aryl methyl sites for hydroxylation is 1. The quantitative estimate of drug-likeness (QED) is 0.817. The standard InChI is InChI=1S/C22H32N4O/c1-14(2)17(5)23-20-10-6-9-19(16(20)4)22(27)26-11-7-8-18(13-26)21-12-15(3)24-25-21/h6,9-10,12,14,17-18,23H,7-8,11,13H2,1-5H3,(H,24,25)/t17-,18+/m1/s1. The molecule has 0 unspecified atom stereocenters. The van der Waals surface area contributed by atoms with Crippen molar-refractivity contribution in [1.29, 1.82) is 0 Å². The van der Waals surface area contributed by atoms with E-state index in [0.717, 1.165) is 54.1 Å². The number of nitrogens with one attached hydrogen (secondary N) is 2. The molecule has 2 atom stereocenters. The lowest BCUT2D eigenvalue weighted by Crippen LogP contribution is -2.39. The van der Waals surface area contributed by atoms with Gasteiger partial charge in [0.2, 0.25) is 0 Å². The number of hydrogen-bond donors (Lipinski definition) is 2. The summed E-state index contributed by atoms with van der Waals surface area (Å²) in [5.74, 6) is 0.976. The van der Waals surface area contributed by atoms with E-state index < -0.39 is 0 Å². The molecule has 1 saturated heterocycles. The molecule has 1 aromatic carbocycles. The molecule has 0 saturated carbocycles. The summed E-state index contributed by atoms with van der Waals surface area (Å²) in [5, 5.41) is 11.0. The molecule has 1 aliphatic rings. The van der Waals surface area contributed by atoms with E-state index in [0.29, 0.717) is 17.9 Å². The minimum atomic E-state index is 0.130. The van der Waals surface area contributed by atoms with E-state index in [4.69, 9.17) is 0 Å². The molecule has 2 aromatic rings. The lowest BCUT2D eigenvalue weighted by Gasteiger charge is -2.32. The molecule has 2 N–H and O–H groups in total. The lowest BCUT2D eigenvalue weighted by molar-refractivity contribution is 0.0705. The summed E-state index contributed by atoms with van der Waals surface area (Å²) >= 11 is 0. The second-order valence-corrected chi connectivity index (χ2v) is 8.22. The number of likely N-dealkylation sites (tertiary alicyclic amines) is 1. The number of anilines is 1. The molecule has 0 bridgehead atoms. The molecule has 27 heavy (non-hydrogen) atoms. The van der Waals surface area contributed by atoms with Crippen LogP contribution in [0.5, 0.6) is 0 Å². The SMILES string of the molecule is Cc1cc([C@H]2CCCN(C(=O)c3cccc(N[C@H](C)C(C)C)c3C)C2)n[nH]1. The van der Waals surface area contributed by atoms with Gasteiger partial charge < -0.3 is 10.2 Å². The van der Waals surface area contributed by atoms with Gasteiger partial charge in [0.1, 0.15) is 0 Å². The molecule has 2 heterocycles. The Morgan fingerprint density at radius 2 is 2.07 bits per heavy atom. The van der Waals surface area contributed by atoms with Crippen molar-refractivity contribution in [2.75, 3.05) is 18.4 Å². The van der Waals surface area contributed by atoms with Crippen molar-refractivity contribution in [2.45, 2.75) is 59.4 Å². The van der Waals surface area contributed by atoms with Crippen LogP contribution in [0.4, 0.5) is 5.69 Å². The fourth-order valence-corrected chi connectivity index (χ4v) is 3.66. The van der Waals surface area contributed by atoms with Crippen LogP contribution < -0.4 is 5.32 Å².